The molecular weight excluding hydrogens is 364 g/mol. The van der Waals surface area contributed by atoms with Crippen molar-refractivity contribution in [1.82, 2.24) is 19.9 Å². The molecule has 7 heteroatoms. The summed E-state index contributed by atoms with van der Waals surface area (Å²) in [7, 11) is 2.22. The predicted octanol–water partition coefficient (Wildman–Crippen LogP) is 3.17. The number of rotatable bonds is 4. The van der Waals surface area contributed by atoms with Crippen LogP contribution in [0.4, 0.5) is 11.5 Å². The summed E-state index contributed by atoms with van der Waals surface area (Å²) in [6.45, 7) is 4.65. The minimum absolute atomic E-state index is 0.156. The zero-order valence-corrected chi connectivity index (χ0v) is 17.0. The van der Waals surface area contributed by atoms with E-state index in [1.165, 1.54) is 16.8 Å². The van der Waals surface area contributed by atoms with Crippen molar-refractivity contribution in [2.24, 2.45) is 0 Å². The van der Waals surface area contributed by atoms with Crippen molar-refractivity contribution in [1.29, 1.82) is 0 Å². The second-order valence-corrected chi connectivity index (χ2v) is 8.31. The van der Waals surface area contributed by atoms with Gasteiger partial charge in [-0.05, 0) is 56.5 Å². The molecule has 1 unspecified atom stereocenters. The summed E-state index contributed by atoms with van der Waals surface area (Å²) in [5, 5.41) is 3.70. The van der Waals surface area contributed by atoms with Gasteiger partial charge in [-0.15, -0.1) is 0 Å². The van der Waals surface area contributed by atoms with Crippen LogP contribution in [0.1, 0.15) is 41.4 Å². The topological polar surface area (TPSA) is 92.1 Å². The highest BCUT2D eigenvalue weighted by molar-refractivity contribution is 5.79. The maximum Gasteiger partial charge on any atom is 0.160 e. The smallest absolute Gasteiger partial charge is 0.160 e. The third kappa shape index (κ3) is 3.56. The number of aromatic nitrogens is 3. The van der Waals surface area contributed by atoms with E-state index >= 15 is 0 Å². The van der Waals surface area contributed by atoms with E-state index in [1.807, 2.05) is 13.0 Å². The Bertz CT molecular complexity index is 1040. The van der Waals surface area contributed by atoms with Crippen LogP contribution in [0.3, 0.4) is 0 Å². The average molecular weight is 393 g/mol. The average Bonchev–Trinajstić information content (AvgIpc) is 3.30. The maximum atomic E-state index is 6.06. The molecule has 4 N–H and O–H groups in total. The molecule has 0 radical (unpaired) electrons. The number of nitrogens with one attached hydrogen (secondary N) is 2. The Labute approximate surface area is 170 Å². The fourth-order valence-corrected chi connectivity index (χ4v) is 4.64. The fourth-order valence-electron chi connectivity index (χ4n) is 4.64. The number of nitrogens with two attached hydrogens (primary N) is 1. The van der Waals surface area contributed by atoms with Crippen molar-refractivity contribution in [3.8, 4) is 0 Å². The second-order valence-electron chi connectivity index (χ2n) is 8.31. The van der Waals surface area contributed by atoms with Gasteiger partial charge in [0.1, 0.15) is 17.2 Å². The normalized spacial score (nSPS) is 19.6. The van der Waals surface area contributed by atoms with E-state index in [9.17, 15) is 0 Å². The third-order valence-corrected chi connectivity index (χ3v) is 6.17. The van der Waals surface area contributed by atoms with Crippen molar-refractivity contribution < 1.29 is 4.74 Å². The van der Waals surface area contributed by atoms with Crippen molar-refractivity contribution >= 4 is 22.7 Å². The number of imidazole rings is 1. The molecule has 0 spiro atoms. The molecule has 0 aliphatic carbocycles. The summed E-state index contributed by atoms with van der Waals surface area (Å²) in [6, 6.07) is 9.52. The van der Waals surface area contributed by atoms with Gasteiger partial charge in [-0.2, -0.15) is 0 Å². The number of anilines is 2. The molecule has 0 bridgehead atoms. The summed E-state index contributed by atoms with van der Waals surface area (Å²) >= 11 is 0. The summed E-state index contributed by atoms with van der Waals surface area (Å²) in [5.41, 5.74) is 12.7. The zero-order chi connectivity index (χ0) is 20.0. The number of nitrogens with zero attached hydrogens (tertiary/aromatic N) is 3. The zero-order valence-electron chi connectivity index (χ0n) is 17.0. The number of aryl methyl sites for hydroxylation is 1. The fraction of sp³-hybridized carbons (Fsp3) is 0.455. The van der Waals surface area contributed by atoms with E-state index in [1.54, 1.807) is 0 Å². The van der Waals surface area contributed by atoms with Crippen LogP contribution >= 0.6 is 0 Å². The Morgan fingerprint density at radius 1 is 1.21 bits per heavy atom. The van der Waals surface area contributed by atoms with Gasteiger partial charge in [0.2, 0.25) is 0 Å². The molecule has 1 fully saturated rings. The highest BCUT2D eigenvalue weighted by atomic mass is 16.5. The second kappa shape index (κ2) is 7.31. The van der Waals surface area contributed by atoms with E-state index in [-0.39, 0.29) is 6.04 Å². The highest BCUT2D eigenvalue weighted by Crippen LogP contribution is 2.37. The minimum atomic E-state index is 0.156. The predicted molar refractivity (Wildman–Crippen MR) is 115 cm³/mol. The van der Waals surface area contributed by atoms with E-state index in [4.69, 9.17) is 10.5 Å². The number of hydrogen-bond acceptors (Lipinski definition) is 6. The lowest BCUT2D eigenvalue weighted by Crippen LogP contribution is -2.36. The minimum Gasteiger partial charge on any atom is -0.384 e. The Hall–Kier alpha value is -2.64. The van der Waals surface area contributed by atoms with Crippen LogP contribution in [-0.2, 0) is 17.7 Å². The van der Waals surface area contributed by atoms with Crippen molar-refractivity contribution in [3.63, 3.8) is 0 Å². The van der Waals surface area contributed by atoms with Crippen LogP contribution in [0, 0.1) is 6.92 Å². The number of fused-ring (bicyclic) bond motifs is 2. The molecule has 4 heterocycles. The standard InChI is InChI=1S/C22H28N6O/c1-13-24-21-17(11-20(23)27-22(21)25-13)19-10-15-4-3-14(9-18(15)26-19)12-28(2)16-5-7-29-8-6-16/h3-4,9,11,16,19,26H,5-8,10,12H2,1-2H3,(H3,23,24,25,27). The van der Waals surface area contributed by atoms with Gasteiger partial charge in [0, 0.05) is 37.1 Å². The van der Waals surface area contributed by atoms with E-state index < -0.39 is 0 Å². The summed E-state index contributed by atoms with van der Waals surface area (Å²) in [6.07, 6.45) is 3.16. The Kier molecular flexibility index (Phi) is 4.64. The van der Waals surface area contributed by atoms with Gasteiger partial charge in [-0.3, -0.25) is 4.90 Å². The number of pyridine rings is 1. The molecule has 1 atom stereocenters. The molecule has 2 aliphatic heterocycles. The lowest BCUT2D eigenvalue weighted by atomic mass is 10.0. The van der Waals surface area contributed by atoms with E-state index in [0.29, 0.717) is 11.9 Å². The van der Waals surface area contributed by atoms with Crippen molar-refractivity contribution in [2.45, 2.75) is 44.8 Å². The molecule has 152 valence electrons. The van der Waals surface area contributed by atoms with Crippen LogP contribution in [-0.4, -0.2) is 46.2 Å². The van der Waals surface area contributed by atoms with Gasteiger partial charge in [-0.25, -0.2) is 9.97 Å². The number of aromatic amines is 1. The van der Waals surface area contributed by atoms with Crippen LogP contribution in [0.2, 0.25) is 0 Å². The molecule has 0 amide bonds. The molecule has 1 saturated heterocycles. The van der Waals surface area contributed by atoms with Gasteiger partial charge in [-0.1, -0.05) is 12.1 Å². The summed E-state index contributed by atoms with van der Waals surface area (Å²) in [5.74, 6) is 1.38. The first kappa shape index (κ1) is 18.4. The molecule has 0 saturated carbocycles. The Balaban J connectivity index is 1.36. The number of H-pyrrole nitrogens is 1. The lowest BCUT2D eigenvalue weighted by Gasteiger charge is -2.31. The van der Waals surface area contributed by atoms with Crippen LogP contribution < -0.4 is 11.1 Å². The lowest BCUT2D eigenvalue weighted by molar-refractivity contribution is 0.0407. The van der Waals surface area contributed by atoms with Gasteiger partial charge in [0.15, 0.2) is 5.65 Å². The molecule has 3 aromatic rings. The molecular formula is C22H28N6O. The highest BCUT2D eigenvalue weighted by Gasteiger charge is 2.26. The van der Waals surface area contributed by atoms with Crippen LogP contribution in [0.15, 0.2) is 24.3 Å². The molecule has 2 aliphatic rings. The van der Waals surface area contributed by atoms with Crippen molar-refractivity contribution in [2.75, 3.05) is 31.3 Å². The summed E-state index contributed by atoms with van der Waals surface area (Å²) < 4.78 is 5.50. The van der Waals surface area contributed by atoms with Gasteiger partial charge < -0.3 is 20.8 Å². The number of nitrogen functional groups attached to an aromatic ring is 1. The molecule has 7 nitrogen and oxygen atoms in total. The molecule has 5 rings (SSSR count). The third-order valence-electron chi connectivity index (χ3n) is 6.17. The van der Waals surface area contributed by atoms with E-state index in [0.717, 1.165) is 61.6 Å². The Morgan fingerprint density at radius 3 is 2.86 bits per heavy atom. The van der Waals surface area contributed by atoms with Gasteiger partial charge in [0.25, 0.3) is 0 Å². The SMILES string of the molecule is Cc1nc2c(C3Cc4ccc(CN(C)C5CCOCC5)cc4N3)cc(N)nc2[nH]1. The van der Waals surface area contributed by atoms with E-state index in [2.05, 4.69) is 50.4 Å². The van der Waals surface area contributed by atoms with Gasteiger partial charge >= 0.3 is 0 Å². The molecule has 2 aromatic heterocycles. The molecule has 1 aromatic carbocycles. The quantitative estimate of drug-likeness (QED) is 0.632. The monoisotopic (exact) mass is 392 g/mol. The summed E-state index contributed by atoms with van der Waals surface area (Å²) in [4.78, 5) is 14.7. The van der Waals surface area contributed by atoms with Crippen molar-refractivity contribution in [3.05, 3.63) is 46.8 Å². The number of hydrogen-bond donors (Lipinski definition) is 3. The first-order valence-corrected chi connectivity index (χ1v) is 10.4. The molecule has 29 heavy (non-hydrogen) atoms. The first-order valence-electron chi connectivity index (χ1n) is 10.4. The Morgan fingerprint density at radius 2 is 2.03 bits per heavy atom. The van der Waals surface area contributed by atoms with Crippen LogP contribution in [0.25, 0.3) is 11.2 Å². The first-order chi connectivity index (χ1) is 14.1. The van der Waals surface area contributed by atoms with Crippen LogP contribution in [0.5, 0.6) is 0 Å². The maximum absolute atomic E-state index is 6.06. The number of benzene rings is 1. The number of ether oxygens (including phenoxy) is 1. The largest absolute Gasteiger partial charge is 0.384 e. The van der Waals surface area contributed by atoms with Gasteiger partial charge in [0.05, 0.1) is 6.04 Å².